The Morgan fingerprint density at radius 2 is 2.20 bits per heavy atom. The molecule has 0 N–H and O–H groups in total. The first-order valence-corrected chi connectivity index (χ1v) is 6.35. The van der Waals surface area contributed by atoms with Crippen molar-refractivity contribution in [3.05, 3.63) is 0 Å². The fraction of sp³-hybridized carbons (Fsp3) is 1.00. The van der Waals surface area contributed by atoms with Gasteiger partial charge in [-0.3, -0.25) is 4.90 Å². The Morgan fingerprint density at radius 1 is 1.33 bits per heavy atom. The molecule has 15 heavy (non-hydrogen) atoms. The predicted molar refractivity (Wildman–Crippen MR) is 62.1 cm³/mol. The zero-order valence-corrected chi connectivity index (χ0v) is 10.1. The summed E-state index contributed by atoms with van der Waals surface area (Å²) in [5, 5.41) is 0. The minimum atomic E-state index is 0.467. The van der Waals surface area contributed by atoms with Crippen LogP contribution in [-0.2, 0) is 4.74 Å². The van der Waals surface area contributed by atoms with E-state index in [-0.39, 0.29) is 0 Å². The minimum absolute atomic E-state index is 0.467. The molecule has 2 rings (SSSR count). The Kier molecular flexibility index (Phi) is 4.00. The fourth-order valence-corrected chi connectivity index (χ4v) is 2.77. The molecule has 2 heterocycles. The summed E-state index contributed by atoms with van der Waals surface area (Å²) in [6, 6.07) is 0.696. The van der Waals surface area contributed by atoms with Crippen LogP contribution in [0.4, 0.5) is 0 Å². The highest BCUT2D eigenvalue weighted by Crippen LogP contribution is 2.22. The van der Waals surface area contributed by atoms with Gasteiger partial charge in [0.05, 0.1) is 12.7 Å². The van der Waals surface area contributed by atoms with Gasteiger partial charge in [-0.1, -0.05) is 13.3 Å². The summed E-state index contributed by atoms with van der Waals surface area (Å²) in [6.07, 6.45) is 4.38. The first-order valence-electron chi connectivity index (χ1n) is 6.35. The van der Waals surface area contributed by atoms with Gasteiger partial charge in [0.15, 0.2) is 0 Å². The van der Waals surface area contributed by atoms with E-state index in [1.165, 1.54) is 32.4 Å². The van der Waals surface area contributed by atoms with Crippen LogP contribution in [-0.4, -0.2) is 61.8 Å². The van der Waals surface area contributed by atoms with Gasteiger partial charge in [-0.25, -0.2) is 0 Å². The average molecular weight is 212 g/mol. The van der Waals surface area contributed by atoms with E-state index >= 15 is 0 Å². The predicted octanol–water partition coefficient (Wildman–Crippen LogP) is 1.19. The highest BCUT2D eigenvalue weighted by Gasteiger charge is 2.35. The number of hydrogen-bond acceptors (Lipinski definition) is 3. The van der Waals surface area contributed by atoms with Crippen LogP contribution >= 0.6 is 0 Å². The highest BCUT2D eigenvalue weighted by molar-refractivity contribution is 4.89. The Morgan fingerprint density at radius 3 is 3.00 bits per heavy atom. The summed E-state index contributed by atoms with van der Waals surface area (Å²) in [4.78, 5) is 5.05. The van der Waals surface area contributed by atoms with E-state index in [9.17, 15) is 0 Å². The Labute approximate surface area is 93.4 Å². The maximum absolute atomic E-state index is 5.88. The molecule has 3 heteroatoms. The van der Waals surface area contributed by atoms with Gasteiger partial charge in [0.2, 0.25) is 0 Å². The minimum Gasteiger partial charge on any atom is -0.374 e. The Balaban J connectivity index is 1.89. The Bertz CT molecular complexity index is 198. The molecule has 0 bridgehead atoms. The van der Waals surface area contributed by atoms with Crippen molar-refractivity contribution in [1.29, 1.82) is 0 Å². The van der Waals surface area contributed by atoms with Crippen LogP contribution < -0.4 is 0 Å². The number of nitrogens with zero attached hydrogens (tertiary/aromatic N) is 2. The standard InChI is InChI=1S/C12H24N2O/c1-3-4-6-14-8-9-15-12-10-13(2)7-5-11(12)14/h11-12H,3-10H2,1-2H3/t11-,12-/m0/s1. The van der Waals surface area contributed by atoms with Crippen LogP contribution in [0.3, 0.4) is 0 Å². The lowest BCUT2D eigenvalue weighted by atomic mass is 9.98. The number of likely N-dealkylation sites (tertiary alicyclic amines) is 1. The Hall–Kier alpha value is -0.120. The van der Waals surface area contributed by atoms with E-state index in [4.69, 9.17) is 4.74 Å². The summed E-state index contributed by atoms with van der Waals surface area (Å²) in [7, 11) is 2.20. The first-order chi connectivity index (χ1) is 7.31. The van der Waals surface area contributed by atoms with Crippen LogP contribution in [0.15, 0.2) is 0 Å². The quantitative estimate of drug-likeness (QED) is 0.699. The van der Waals surface area contributed by atoms with Gasteiger partial charge in [-0.05, 0) is 33.0 Å². The number of fused-ring (bicyclic) bond motifs is 1. The second-order valence-corrected chi connectivity index (χ2v) is 4.92. The second-order valence-electron chi connectivity index (χ2n) is 4.92. The van der Waals surface area contributed by atoms with E-state index in [1.54, 1.807) is 0 Å². The van der Waals surface area contributed by atoms with E-state index in [2.05, 4.69) is 23.8 Å². The first kappa shape index (κ1) is 11.4. The smallest absolute Gasteiger partial charge is 0.0857 e. The zero-order chi connectivity index (χ0) is 10.7. The molecule has 0 aromatic heterocycles. The monoisotopic (exact) mass is 212 g/mol. The molecular weight excluding hydrogens is 188 g/mol. The molecule has 88 valence electrons. The lowest BCUT2D eigenvalue weighted by Crippen LogP contribution is -2.58. The van der Waals surface area contributed by atoms with Crippen molar-refractivity contribution < 1.29 is 4.74 Å². The van der Waals surface area contributed by atoms with E-state index in [0.717, 1.165) is 19.7 Å². The summed E-state index contributed by atoms with van der Waals surface area (Å²) >= 11 is 0. The van der Waals surface area contributed by atoms with Gasteiger partial charge in [0.1, 0.15) is 0 Å². The topological polar surface area (TPSA) is 15.7 Å². The summed E-state index contributed by atoms with van der Waals surface area (Å²) < 4.78 is 5.88. The highest BCUT2D eigenvalue weighted by atomic mass is 16.5. The molecule has 0 spiro atoms. The van der Waals surface area contributed by atoms with E-state index in [1.807, 2.05) is 0 Å². The molecule has 0 aromatic rings. The molecule has 2 fully saturated rings. The number of rotatable bonds is 3. The number of piperidine rings is 1. The van der Waals surface area contributed by atoms with Crippen LogP contribution in [0.2, 0.25) is 0 Å². The molecule has 2 aliphatic rings. The lowest BCUT2D eigenvalue weighted by molar-refractivity contribution is -0.101. The van der Waals surface area contributed by atoms with Crippen molar-refractivity contribution in [3.8, 4) is 0 Å². The molecule has 3 nitrogen and oxygen atoms in total. The third-order valence-corrected chi connectivity index (χ3v) is 3.71. The maximum atomic E-state index is 5.88. The normalized spacial score (nSPS) is 34.0. The maximum Gasteiger partial charge on any atom is 0.0857 e. The van der Waals surface area contributed by atoms with Crippen molar-refractivity contribution in [2.75, 3.05) is 39.8 Å². The third kappa shape index (κ3) is 2.71. The van der Waals surface area contributed by atoms with Crippen LogP contribution in [0.25, 0.3) is 0 Å². The summed E-state index contributed by atoms with van der Waals surface area (Å²) in [6.45, 7) is 7.96. The third-order valence-electron chi connectivity index (χ3n) is 3.71. The molecule has 0 aliphatic carbocycles. The molecule has 2 aliphatic heterocycles. The number of ether oxygens (including phenoxy) is 1. The molecule has 0 radical (unpaired) electrons. The van der Waals surface area contributed by atoms with E-state index < -0.39 is 0 Å². The van der Waals surface area contributed by atoms with Crippen LogP contribution in [0.1, 0.15) is 26.2 Å². The molecule has 0 amide bonds. The molecule has 0 aromatic carbocycles. The van der Waals surface area contributed by atoms with Gasteiger partial charge in [0.25, 0.3) is 0 Å². The van der Waals surface area contributed by atoms with Crippen molar-refractivity contribution in [3.63, 3.8) is 0 Å². The number of morpholine rings is 1. The zero-order valence-electron chi connectivity index (χ0n) is 10.1. The fourth-order valence-electron chi connectivity index (χ4n) is 2.77. The number of hydrogen-bond donors (Lipinski definition) is 0. The van der Waals surface area contributed by atoms with Crippen molar-refractivity contribution >= 4 is 0 Å². The molecule has 0 unspecified atom stereocenters. The van der Waals surface area contributed by atoms with Gasteiger partial charge < -0.3 is 9.64 Å². The SMILES string of the molecule is CCCCN1CCO[C@H]2CN(C)CC[C@@H]21. The van der Waals surface area contributed by atoms with Gasteiger partial charge >= 0.3 is 0 Å². The number of likely N-dealkylation sites (N-methyl/N-ethyl adjacent to an activating group) is 1. The van der Waals surface area contributed by atoms with Gasteiger partial charge in [0, 0.05) is 19.1 Å². The average Bonchev–Trinajstić information content (AvgIpc) is 2.25. The van der Waals surface area contributed by atoms with Crippen molar-refractivity contribution in [1.82, 2.24) is 9.80 Å². The molecule has 2 saturated heterocycles. The molecule has 0 saturated carbocycles. The van der Waals surface area contributed by atoms with Gasteiger partial charge in [-0.15, -0.1) is 0 Å². The summed E-state index contributed by atoms with van der Waals surface area (Å²) in [5.74, 6) is 0. The summed E-state index contributed by atoms with van der Waals surface area (Å²) in [5.41, 5.74) is 0. The largest absolute Gasteiger partial charge is 0.374 e. The van der Waals surface area contributed by atoms with Crippen molar-refractivity contribution in [2.45, 2.75) is 38.3 Å². The van der Waals surface area contributed by atoms with Crippen molar-refractivity contribution in [2.24, 2.45) is 0 Å². The van der Waals surface area contributed by atoms with E-state index in [0.29, 0.717) is 12.1 Å². The van der Waals surface area contributed by atoms with Crippen LogP contribution in [0.5, 0.6) is 0 Å². The van der Waals surface area contributed by atoms with Crippen LogP contribution in [0, 0.1) is 0 Å². The number of unbranched alkanes of at least 4 members (excludes halogenated alkanes) is 1. The molecular formula is C12H24N2O. The lowest BCUT2D eigenvalue weighted by Gasteiger charge is -2.46. The van der Waals surface area contributed by atoms with Gasteiger partial charge in [-0.2, -0.15) is 0 Å². The second kappa shape index (κ2) is 5.28. The molecule has 2 atom stereocenters.